The van der Waals surface area contributed by atoms with Gasteiger partial charge in [0.2, 0.25) is 0 Å². The average molecular weight is 423 g/mol. The van der Waals surface area contributed by atoms with Crippen LogP contribution in [0.2, 0.25) is 0 Å². The molecule has 2 amide bonds. The summed E-state index contributed by atoms with van der Waals surface area (Å²) < 4.78 is 11.3. The van der Waals surface area contributed by atoms with Gasteiger partial charge in [0, 0.05) is 5.70 Å². The molecular formula is C25H30N2O4. The second kappa shape index (κ2) is 10.2. The maximum atomic E-state index is 12.7. The van der Waals surface area contributed by atoms with Crippen molar-refractivity contribution in [3.8, 4) is 11.5 Å². The molecule has 1 atom stereocenters. The molecule has 164 valence electrons. The number of aryl methyl sites for hydroxylation is 1. The van der Waals surface area contributed by atoms with Gasteiger partial charge in [-0.25, -0.2) is 9.59 Å². The Balaban J connectivity index is 1.90. The predicted octanol–water partition coefficient (Wildman–Crippen LogP) is 5.46. The molecule has 2 aromatic rings. The first-order chi connectivity index (χ1) is 14.9. The number of carbonyl (C=O) groups is 2. The number of ether oxygens (including phenoxy) is 2. The number of urea groups is 1. The number of hydrogen-bond donors (Lipinski definition) is 2. The van der Waals surface area contributed by atoms with Crippen LogP contribution in [-0.4, -0.2) is 18.6 Å². The molecule has 0 saturated heterocycles. The van der Waals surface area contributed by atoms with Gasteiger partial charge in [-0.1, -0.05) is 37.6 Å². The second-order valence-corrected chi connectivity index (χ2v) is 7.62. The molecule has 6 heteroatoms. The molecule has 2 N–H and O–H groups in total. The molecule has 0 radical (unpaired) electrons. The molecule has 0 aromatic heterocycles. The van der Waals surface area contributed by atoms with E-state index in [1.807, 2.05) is 56.3 Å². The van der Waals surface area contributed by atoms with E-state index in [0.29, 0.717) is 23.4 Å². The van der Waals surface area contributed by atoms with Gasteiger partial charge in [-0.05, 0) is 68.5 Å². The second-order valence-electron chi connectivity index (χ2n) is 7.62. The van der Waals surface area contributed by atoms with Crippen LogP contribution in [0.4, 0.5) is 4.79 Å². The minimum absolute atomic E-state index is 0.271. The Morgan fingerprint density at radius 2 is 1.81 bits per heavy atom. The maximum absolute atomic E-state index is 12.7. The van der Waals surface area contributed by atoms with Crippen LogP contribution in [0.15, 0.2) is 53.7 Å². The monoisotopic (exact) mass is 422 g/mol. The molecule has 0 saturated carbocycles. The zero-order valence-electron chi connectivity index (χ0n) is 18.6. The molecule has 0 bridgehead atoms. The highest BCUT2D eigenvalue weighted by Crippen LogP contribution is 2.32. The average Bonchev–Trinajstić information content (AvgIpc) is 2.75. The molecule has 1 unspecified atom stereocenters. The maximum Gasteiger partial charge on any atom is 0.338 e. The third kappa shape index (κ3) is 5.26. The van der Waals surface area contributed by atoms with Crippen molar-refractivity contribution in [3.05, 3.63) is 70.4 Å². The topological polar surface area (TPSA) is 76.7 Å². The Bertz CT molecular complexity index is 980. The third-order valence-corrected chi connectivity index (χ3v) is 5.43. The summed E-state index contributed by atoms with van der Waals surface area (Å²) in [5.41, 5.74) is 4.13. The lowest BCUT2D eigenvalue weighted by molar-refractivity contribution is -0.139. The molecule has 31 heavy (non-hydrogen) atoms. The summed E-state index contributed by atoms with van der Waals surface area (Å²) in [5.74, 6) is 1.07. The molecule has 1 aliphatic heterocycles. The number of unbranched alkanes of at least 4 members (excludes halogenated alkanes) is 1. The standard InChI is InChI=1S/C25H30N2O4/c1-5-7-10-20-22(24(28)30-6-2)23(27-25(29)26-20)18-12-14-19(15-13-18)31-21-11-8-9-16(3)17(21)4/h8-9,11-15,23H,5-7,10H2,1-4H3,(H2,26,27,29). The Morgan fingerprint density at radius 1 is 1.06 bits per heavy atom. The van der Waals surface area contributed by atoms with Crippen molar-refractivity contribution >= 4 is 12.0 Å². The summed E-state index contributed by atoms with van der Waals surface area (Å²) in [6, 6.07) is 12.5. The lowest BCUT2D eigenvalue weighted by Crippen LogP contribution is -2.46. The van der Waals surface area contributed by atoms with Crippen molar-refractivity contribution in [3.63, 3.8) is 0 Å². The lowest BCUT2D eigenvalue weighted by Gasteiger charge is -2.29. The highest BCUT2D eigenvalue weighted by atomic mass is 16.5. The van der Waals surface area contributed by atoms with Gasteiger partial charge < -0.3 is 20.1 Å². The van der Waals surface area contributed by atoms with E-state index in [2.05, 4.69) is 17.6 Å². The molecule has 1 heterocycles. The number of benzene rings is 2. The molecule has 3 rings (SSSR count). The number of allylic oxidation sites excluding steroid dienone is 1. The van der Waals surface area contributed by atoms with Crippen LogP contribution < -0.4 is 15.4 Å². The van der Waals surface area contributed by atoms with Crippen LogP contribution in [0.1, 0.15) is 55.8 Å². The van der Waals surface area contributed by atoms with E-state index in [1.54, 1.807) is 6.92 Å². The van der Waals surface area contributed by atoms with E-state index >= 15 is 0 Å². The van der Waals surface area contributed by atoms with E-state index in [1.165, 1.54) is 0 Å². The van der Waals surface area contributed by atoms with E-state index in [9.17, 15) is 9.59 Å². The van der Waals surface area contributed by atoms with E-state index < -0.39 is 12.0 Å². The first kappa shape index (κ1) is 22.4. The molecule has 2 aromatic carbocycles. The number of hydrogen-bond acceptors (Lipinski definition) is 4. The molecular weight excluding hydrogens is 392 g/mol. The summed E-state index contributed by atoms with van der Waals surface area (Å²) in [5, 5.41) is 5.66. The summed E-state index contributed by atoms with van der Waals surface area (Å²) in [7, 11) is 0. The number of carbonyl (C=O) groups excluding carboxylic acids is 2. The first-order valence-corrected chi connectivity index (χ1v) is 10.8. The van der Waals surface area contributed by atoms with Crippen LogP contribution in [0.25, 0.3) is 0 Å². The van der Waals surface area contributed by atoms with Gasteiger partial charge in [-0.15, -0.1) is 0 Å². The molecule has 1 aliphatic rings. The van der Waals surface area contributed by atoms with Gasteiger partial charge in [-0.2, -0.15) is 0 Å². The van der Waals surface area contributed by atoms with Crippen LogP contribution >= 0.6 is 0 Å². The highest BCUT2D eigenvalue weighted by Gasteiger charge is 2.33. The number of nitrogens with one attached hydrogen (secondary N) is 2. The van der Waals surface area contributed by atoms with Crippen molar-refractivity contribution in [1.82, 2.24) is 10.6 Å². The molecule has 0 fully saturated rings. The fourth-order valence-corrected chi connectivity index (χ4v) is 3.56. The lowest BCUT2D eigenvalue weighted by atomic mass is 9.93. The van der Waals surface area contributed by atoms with Crippen molar-refractivity contribution in [2.45, 2.75) is 53.0 Å². The first-order valence-electron chi connectivity index (χ1n) is 10.8. The van der Waals surface area contributed by atoms with Gasteiger partial charge in [0.25, 0.3) is 0 Å². The molecule has 0 aliphatic carbocycles. The summed E-state index contributed by atoms with van der Waals surface area (Å²) in [6.45, 7) is 8.18. The van der Waals surface area contributed by atoms with Crippen LogP contribution in [0.5, 0.6) is 11.5 Å². The Hall–Kier alpha value is -3.28. The third-order valence-electron chi connectivity index (χ3n) is 5.43. The Labute approximate surface area is 183 Å². The Kier molecular flexibility index (Phi) is 7.34. The highest BCUT2D eigenvalue weighted by molar-refractivity contribution is 5.95. The number of amides is 2. The van der Waals surface area contributed by atoms with Crippen molar-refractivity contribution in [1.29, 1.82) is 0 Å². The normalized spacial score (nSPS) is 15.9. The summed E-state index contributed by atoms with van der Waals surface area (Å²) in [4.78, 5) is 25.0. The number of rotatable bonds is 8. The number of esters is 1. The predicted molar refractivity (Wildman–Crippen MR) is 120 cm³/mol. The fraction of sp³-hybridized carbons (Fsp3) is 0.360. The molecule has 0 spiro atoms. The Morgan fingerprint density at radius 3 is 2.48 bits per heavy atom. The minimum Gasteiger partial charge on any atom is -0.463 e. The van der Waals surface area contributed by atoms with Crippen molar-refractivity contribution in [2.24, 2.45) is 0 Å². The smallest absolute Gasteiger partial charge is 0.338 e. The van der Waals surface area contributed by atoms with Crippen LogP contribution in [0, 0.1) is 13.8 Å². The summed E-state index contributed by atoms with van der Waals surface area (Å²) in [6.07, 6.45) is 2.44. The van der Waals surface area contributed by atoms with Gasteiger partial charge in [0.1, 0.15) is 11.5 Å². The largest absolute Gasteiger partial charge is 0.463 e. The summed E-state index contributed by atoms with van der Waals surface area (Å²) >= 11 is 0. The zero-order valence-corrected chi connectivity index (χ0v) is 18.6. The van der Waals surface area contributed by atoms with Gasteiger partial charge in [-0.3, -0.25) is 0 Å². The molecule has 6 nitrogen and oxygen atoms in total. The minimum atomic E-state index is -0.575. The quantitative estimate of drug-likeness (QED) is 0.554. The zero-order chi connectivity index (χ0) is 22.4. The van der Waals surface area contributed by atoms with E-state index in [-0.39, 0.29) is 12.6 Å². The van der Waals surface area contributed by atoms with Gasteiger partial charge >= 0.3 is 12.0 Å². The van der Waals surface area contributed by atoms with E-state index in [0.717, 1.165) is 35.3 Å². The van der Waals surface area contributed by atoms with Crippen LogP contribution in [-0.2, 0) is 9.53 Å². The van der Waals surface area contributed by atoms with Gasteiger partial charge in [0.15, 0.2) is 0 Å². The van der Waals surface area contributed by atoms with Crippen LogP contribution in [0.3, 0.4) is 0 Å². The van der Waals surface area contributed by atoms with E-state index in [4.69, 9.17) is 9.47 Å². The van der Waals surface area contributed by atoms with Gasteiger partial charge in [0.05, 0.1) is 18.2 Å². The fourth-order valence-electron chi connectivity index (χ4n) is 3.56. The SMILES string of the molecule is CCCCC1=C(C(=O)OCC)C(c2ccc(Oc3cccc(C)c3C)cc2)NC(=O)N1. The van der Waals surface area contributed by atoms with Crippen molar-refractivity contribution < 1.29 is 19.1 Å². The van der Waals surface area contributed by atoms with Crippen molar-refractivity contribution in [2.75, 3.05) is 6.61 Å².